The van der Waals surface area contributed by atoms with Gasteiger partial charge < -0.3 is 4.90 Å². The molecule has 0 saturated carbocycles. The summed E-state index contributed by atoms with van der Waals surface area (Å²) in [7, 11) is 2.03. The van der Waals surface area contributed by atoms with E-state index >= 15 is 0 Å². The topological polar surface area (TPSA) is 24.3 Å². The maximum Gasteiger partial charge on any atom is 0.0855 e. The molecule has 3 heterocycles. The van der Waals surface area contributed by atoms with Crippen LogP contribution in [-0.4, -0.2) is 46.9 Å². The van der Waals surface area contributed by atoms with Gasteiger partial charge in [0.15, 0.2) is 0 Å². The summed E-state index contributed by atoms with van der Waals surface area (Å²) in [6.07, 6.45) is 7.39. The second kappa shape index (κ2) is 4.92. The standard InChI is InChI=1S/C14H24N4/c1-3-13-14(11-16(2)15-13)18-9-8-17-7-5-4-6-12(17)10-18/h11-12H,3-10H2,1-2H3. The lowest BCUT2D eigenvalue weighted by Gasteiger charge is -2.44. The van der Waals surface area contributed by atoms with Crippen molar-refractivity contribution in [3.63, 3.8) is 0 Å². The monoisotopic (exact) mass is 248 g/mol. The molecule has 2 aliphatic heterocycles. The van der Waals surface area contributed by atoms with E-state index in [1.54, 1.807) is 0 Å². The van der Waals surface area contributed by atoms with Gasteiger partial charge in [0.05, 0.1) is 11.4 Å². The molecule has 1 aromatic rings. The summed E-state index contributed by atoms with van der Waals surface area (Å²) < 4.78 is 1.96. The summed E-state index contributed by atoms with van der Waals surface area (Å²) in [5, 5.41) is 4.57. The molecular weight excluding hydrogens is 224 g/mol. The van der Waals surface area contributed by atoms with Crippen molar-refractivity contribution in [2.75, 3.05) is 31.1 Å². The van der Waals surface area contributed by atoms with Crippen LogP contribution in [0.3, 0.4) is 0 Å². The highest BCUT2D eigenvalue weighted by atomic mass is 15.3. The van der Waals surface area contributed by atoms with E-state index in [2.05, 4.69) is 28.0 Å². The fraction of sp³-hybridized carbons (Fsp3) is 0.786. The average Bonchev–Trinajstić information content (AvgIpc) is 2.79. The molecular formula is C14H24N4. The van der Waals surface area contributed by atoms with Crippen molar-refractivity contribution in [1.29, 1.82) is 0 Å². The highest BCUT2D eigenvalue weighted by Crippen LogP contribution is 2.26. The largest absolute Gasteiger partial charge is 0.366 e. The number of aromatic nitrogens is 2. The van der Waals surface area contributed by atoms with E-state index in [9.17, 15) is 0 Å². The van der Waals surface area contributed by atoms with Crippen molar-refractivity contribution in [1.82, 2.24) is 14.7 Å². The van der Waals surface area contributed by atoms with Crippen LogP contribution in [0.1, 0.15) is 31.9 Å². The Morgan fingerprint density at radius 3 is 3.00 bits per heavy atom. The number of nitrogens with zero attached hydrogens (tertiary/aromatic N) is 4. The Hall–Kier alpha value is -1.03. The van der Waals surface area contributed by atoms with Gasteiger partial charge in [-0.05, 0) is 25.8 Å². The smallest absolute Gasteiger partial charge is 0.0855 e. The zero-order valence-electron chi connectivity index (χ0n) is 11.6. The van der Waals surface area contributed by atoms with Gasteiger partial charge in [0, 0.05) is 38.9 Å². The third kappa shape index (κ3) is 2.14. The van der Waals surface area contributed by atoms with E-state index in [0.29, 0.717) is 0 Å². The van der Waals surface area contributed by atoms with Crippen LogP contribution < -0.4 is 4.90 Å². The van der Waals surface area contributed by atoms with Crippen molar-refractivity contribution in [2.24, 2.45) is 7.05 Å². The van der Waals surface area contributed by atoms with Gasteiger partial charge in [-0.3, -0.25) is 9.58 Å². The van der Waals surface area contributed by atoms with Crippen molar-refractivity contribution < 1.29 is 0 Å². The van der Waals surface area contributed by atoms with E-state index in [1.807, 2.05) is 11.7 Å². The van der Waals surface area contributed by atoms with Crippen molar-refractivity contribution in [2.45, 2.75) is 38.6 Å². The maximum atomic E-state index is 4.57. The number of rotatable bonds is 2. The Balaban J connectivity index is 1.76. The molecule has 0 aliphatic carbocycles. The van der Waals surface area contributed by atoms with Crippen LogP contribution in [0.15, 0.2) is 6.20 Å². The van der Waals surface area contributed by atoms with E-state index in [4.69, 9.17) is 0 Å². The molecule has 1 aromatic heterocycles. The second-order valence-corrected chi connectivity index (χ2v) is 5.62. The van der Waals surface area contributed by atoms with Crippen LogP contribution in [0.4, 0.5) is 5.69 Å². The SMILES string of the molecule is CCc1nn(C)cc1N1CCN2CCCCC2C1. The number of anilines is 1. The molecule has 0 aromatic carbocycles. The Morgan fingerprint density at radius 1 is 1.28 bits per heavy atom. The predicted octanol–water partition coefficient (Wildman–Crippen LogP) is 1.66. The van der Waals surface area contributed by atoms with Gasteiger partial charge in [-0.1, -0.05) is 13.3 Å². The third-order valence-corrected chi connectivity index (χ3v) is 4.40. The summed E-state index contributed by atoms with van der Waals surface area (Å²) in [4.78, 5) is 5.24. The number of aryl methyl sites for hydroxylation is 2. The number of fused-ring (bicyclic) bond motifs is 1. The molecule has 1 atom stereocenters. The number of hydrogen-bond acceptors (Lipinski definition) is 3. The fourth-order valence-electron chi connectivity index (χ4n) is 3.41. The Labute approximate surface area is 110 Å². The van der Waals surface area contributed by atoms with Gasteiger partial charge in [0.25, 0.3) is 0 Å². The molecule has 0 spiro atoms. The number of hydrogen-bond donors (Lipinski definition) is 0. The lowest BCUT2D eigenvalue weighted by atomic mass is 9.99. The minimum Gasteiger partial charge on any atom is -0.366 e. The number of piperidine rings is 1. The number of piperazine rings is 1. The first-order valence-corrected chi connectivity index (χ1v) is 7.29. The van der Waals surface area contributed by atoms with Crippen LogP contribution in [-0.2, 0) is 13.5 Å². The van der Waals surface area contributed by atoms with Crippen LogP contribution in [0.2, 0.25) is 0 Å². The van der Waals surface area contributed by atoms with Crippen molar-refractivity contribution in [3.05, 3.63) is 11.9 Å². The molecule has 100 valence electrons. The molecule has 18 heavy (non-hydrogen) atoms. The predicted molar refractivity (Wildman–Crippen MR) is 74.0 cm³/mol. The summed E-state index contributed by atoms with van der Waals surface area (Å²) in [6, 6.07) is 0.775. The van der Waals surface area contributed by atoms with Crippen molar-refractivity contribution in [3.8, 4) is 0 Å². The zero-order chi connectivity index (χ0) is 12.5. The van der Waals surface area contributed by atoms with E-state index in [-0.39, 0.29) is 0 Å². The van der Waals surface area contributed by atoms with E-state index in [0.717, 1.165) is 19.0 Å². The minimum atomic E-state index is 0.775. The molecule has 0 bridgehead atoms. The van der Waals surface area contributed by atoms with Gasteiger partial charge in [0.1, 0.15) is 0 Å². The molecule has 0 radical (unpaired) electrons. The Morgan fingerprint density at radius 2 is 2.17 bits per heavy atom. The second-order valence-electron chi connectivity index (χ2n) is 5.62. The van der Waals surface area contributed by atoms with E-state index in [1.165, 1.54) is 50.3 Å². The van der Waals surface area contributed by atoms with Crippen LogP contribution >= 0.6 is 0 Å². The molecule has 4 heteroatoms. The van der Waals surface area contributed by atoms with Gasteiger partial charge in [0.2, 0.25) is 0 Å². The quantitative estimate of drug-likeness (QED) is 0.795. The van der Waals surface area contributed by atoms with Gasteiger partial charge in [-0.15, -0.1) is 0 Å². The van der Waals surface area contributed by atoms with Crippen LogP contribution in [0.5, 0.6) is 0 Å². The molecule has 0 N–H and O–H groups in total. The Kier molecular flexibility index (Phi) is 3.29. The lowest BCUT2D eigenvalue weighted by molar-refractivity contribution is 0.133. The third-order valence-electron chi connectivity index (χ3n) is 4.40. The molecule has 2 fully saturated rings. The lowest BCUT2D eigenvalue weighted by Crippen LogP contribution is -2.55. The molecule has 3 rings (SSSR count). The first kappa shape index (κ1) is 12.0. The fourth-order valence-corrected chi connectivity index (χ4v) is 3.41. The summed E-state index contributed by atoms with van der Waals surface area (Å²) >= 11 is 0. The minimum absolute atomic E-state index is 0.775. The summed E-state index contributed by atoms with van der Waals surface area (Å²) in [6.45, 7) is 7.09. The highest BCUT2D eigenvalue weighted by molar-refractivity contribution is 5.50. The summed E-state index contributed by atoms with van der Waals surface area (Å²) in [5.41, 5.74) is 2.62. The Bertz CT molecular complexity index is 412. The van der Waals surface area contributed by atoms with E-state index < -0.39 is 0 Å². The summed E-state index contributed by atoms with van der Waals surface area (Å²) in [5.74, 6) is 0. The van der Waals surface area contributed by atoms with Crippen LogP contribution in [0, 0.1) is 0 Å². The normalized spacial score (nSPS) is 25.2. The molecule has 1 unspecified atom stereocenters. The first-order valence-electron chi connectivity index (χ1n) is 7.29. The molecule has 4 nitrogen and oxygen atoms in total. The van der Waals surface area contributed by atoms with Crippen molar-refractivity contribution >= 4 is 5.69 Å². The van der Waals surface area contributed by atoms with Gasteiger partial charge in [-0.2, -0.15) is 5.10 Å². The molecule has 0 amide bonds. The highest BCUT2D eigenvalue weighted by Gasteiger charge is 2.30. The maximum absolute atomic E-state index is 4.57. The van der Waals surface area contributed by atoms with Gasteiger partial charge >= 0.3 is 0 Å². The molecule has 2 aliphatic rings. The van der Waals surface area contributed by atoms with Gasteiger partial charge in [-0.25, -0.2) is 0 Å². The first-order chi connectivity index (χ1) is 8.78. The van der Waals surface area contributed by atoms with Crippen LogP contribution in [0.25, 0.3) is 0 Å². The average molecular weight is 248 g/mol. The zero-order valence-corrected chi connectivity index (χ0v) is 11.6. The molecule has 2 saturated heterocycles.